The number of rotatable bonds is 3. The largest absolute Gasteiger partial charge is 0.478 e. The van der Waals surface area contributed by atoms with Crippen LogP contribution in [-0.4, -0.2) is 16.1 Å². The van der Waals surface area contributed by atoms with E-state index >= 15 is 0 Å². The highest BCUT2D eigenvalue weighted by atomic mass is 16.4. The highest BCUT2D eigenvalue weighted by molar-refractivity contribution is 6.00. The number of benzene rings is 3. The average Bonchev–Trinajstić information content (AvgIpc) is 3.06. The third-order valence-electron chi connectivity index (χ3n) is 4.23. The molecule has 3 aromatic carbocycles. The van der Waals surface area contributed by atoms with Crippen LogP contribution < -0.4 is 0 Å². The number of carbonyl (C=O) groups is 1. The standard InChI is InChI=1S/C21H15NO2/c23-21(24)17-10-11-20-18(12-17)19(13-22-20)16-8-6-15(7-9-16)14-4-2-1-3-5-14/h1-13,22H,(H,23,24). The quantitative estimate of drug-likeness (QED) is 0.546. The maximum Gasteiger partial charge on any atom is 0.335 e. The molecule has 0 fully saturated rings. The van der Waals surface area contributed by atoms with Crippen LogP contribution in [0, 0.1) is 0 Å². The van der Waals surface area contributed by atoms with E-state index in [0.717, 1.165) is 27.6 Å². The lowest BCUT2D eigenvalue weighted by molar-refractivity contribution is 0.0697. The topological polar surface area (TPSA) is 53.1 Å². The van der Waals surface area contributed by atoms with E-state index in [-0.39, 0.29) is 0 Å². The van der Waals surface area contributed by atoms with Crippen molar-refractivity contribution in [3.05, 3.63) is 84.6 Å². The molecule has 1 aromatic heterocycles. The average molecular weight is 313 g/mol. The van der Waals surface area contributed by atoms with Gasteiger partial charge >= 0.3 is 5.97 Å². The van der Waals surface area contributed by atoms with Gasteiger partial charge in [-0.1, -0.05) is 54.6 Å². The van der Waals surface area contributed by atoms with Crippen molar-refractivity contribution in [2.45, 2.75) is 0 Å². The summed E-state index contributed by atoms with van der Waals surface area (Å²) in [6.45, 7) is 0. The van der Waals surface area contributed by atoms with Crippen LogP contribution in [0.15, 0.2) is 79.0 Å². The Morgan fingerprint density at radius 2 is 1.46 bits per heavy atom. The molecule has 0 amide bonds. The molecule has 0 atom stereocenters. The number of hydrogen-bond acceptors (Lipinski definition) is 1. The summed E-state index contributed by atoms with van der Waals surface area (Å²) in [6.07, 6.45) is 1.92. The molecule has 116 valence electrons. The van der Waals surface area contributed by atoms with Gasteiger partial charge in [0.2, 0.25) is 0 Å². The molecule has 0 aliphatic carbocycles. The van der Waals surface area contributed by atoms with E-state index in [1.54, 1.807) is 18.2 Å². The molecule has 0 aliphatic heterocycles. The lowest BCUT2D eigenvalue weighted by Gasteiger charge is -2.04. The van der Waals surface area contributed by atoms with Crippen LogP contribution in [-0.2, 0) is 0 Å². The Kier molecular flexibility index (Phi) is 3.39. The fraction of sp³-hybridized carbons (Fsp3) is 0. The van der Waals surface area contributed by atoms with Crippen LogP contribution in [0.5, 0.6) is 0 Å². The van der Waals surface area contributed by atoms with Crippen LogP contribution in [0.2, 0.25) is 0 Å². The molecule has 24 heavy (non-hydrogen) atoms. The Hall–Kier alpha value is -3.33. The fourth-order valence-electron chi connectivity index (χ4n) is 2.97. The van der Waals surface area contributed by atoms with E-state index < -0.39 is 5.97 Å². The number of H-pyrrole nitrogens is 1. The van der Waals surface area contributed by atoms with Gasteiger partial charge in [-0.15, -0.1) is 0 Å². The Balaban J connectivity index is 1.77. The van der Waals surface area contributed by atoms with E-state index in [4.69, 9.17) is 0 Å². The lowest BCUT2D eigenvalue weighted by Crippen LogP contribution is -1.94. The van der Waals surface area contributed by atoms with E-state index in [9.17, 15) is 9.90 Å². The first kappa shape index (κ1) is 14.3. The molecular formula is C21H15NO2. The van der Waals surface area contributed by atoms with Gasteiger partial charge in [0.1, 0.15) is 0 Å². The molecule has 0 radical (unpaired) electrons. The summed E-state index contributed by atoms with van der Waals surface area (Å²) < 4.78 is 0. The Morgan fingerprint density at radius 3 is 2.17 bits per heavy atom. The fourth-order valence-corrected chi connectivity index (χ4v) is 2.97. The van der Waals surface area contributed by atoms with Gasteiger partial charge in [-0.05, 0) is 34.9 Å². The lowest BCUT2D eigenvalue weighted by atomic mass is 9.99. The molecule has 4 aromatic rings. The van der Waals surface area contributed by atoms with Gasteiger partial charge in [0.15, 0.2) is 0 Å². The third-order valence-corrected chi connectivity index (χ3v) is 4.23. The molecule has 0 aliphatic rings. The summed E-state index contributed by atoms with van der Waals surface area (Å²) in [4.78, 5) is 14.4. The Labute approximate surface area is 139 Å². The molecule has 0 saturated heterocycles. The van der Waals surface area contributed by atoms with Crippen LogP contribution in [0.4, 0.5) is 0 Å². The van der Waals surface area contributed by atoms with Crippen molar-refractivity contribution >= 4 is 16.9 Å². The Morgan fingerprint density at radius 1 is 0.792 bits per heavy atom. The monoisotopic (exact) mass is 313 g/mol. The summed E-state index contributed by atoms with van der Waals surface area (Å²) in [5.41, 5.74) is 5.63. The maximum atomic E-state index is 11.2. The Bertz CT molecular complexity index is 1010. The molecule has 2 N–H and O–H groups in total. The first-order chi connectivity index (χ1) is 11.7. The molecule has 3 nitrogen and oxygen atoms in total. The van der Waals surface area contributed by atoms with Gasteiger partial charge in [0.05, 0.1) is 5.56 Å². The predicted octanol–water partition coefficient (Wildman–Crippen LogP) is 5.20. The second-order valence-electron chi connectivity index (χ2n) is 5.71. The predicted molar refractivity (Wildman–Crippen MR) is 96.1 cm³/mol. The molecule has 0 spiro atoms. The second-order valence-corrected chi connectivity index (χ2v) is 5.71. The molecule has 0 unspecified atom stereocenters. The molecule has 0 saturated carbocycles. The molecule has 1 heterocycles. The van der Waals surface area contributed by atoms with Crippen molar-refractivity contribution in [3.63, 3.8) is 0 Å². The minimum atomic E-state index is -0.913. The number of nitrogens with one attached hydrogen (secondary N) is 1. The summed E-state index contributed by atoms with van der Waals surface area (Å²) >= 11 is 0. The number of hydrogen-bond donors (Lipinski definition) is 2. The minimum Gasteiger partial charge on any atom is -0.478 e. The van der Waals surface area contributed by atoms with Crippen LogP contribution in [0.1, 0.15) is 10.4 Å². The SMILES string of the molecule is O=C(O)c1ccc2[nH]cc(-c3ccc(-c4ccccc4)cc3)c2c1. The normalized spacial score (nSPS) is 10.8. The van der Waals surface area contributed by atoms with Crippen molar-refractivity contribution in [1.29, 1.82) is 0 Å². The number of aromatic amines is 1. The zero-order valence-electron chi connectivity index (χ0n) is 12.9. The number of aromatic carboxylic acids is 1. The van der Waals surface area contributed by atoms with Gasteiger partial charge in [-0.2, -0.15) is 0 Å². The van der Waals surface area contributed by atoms with Crippen molar-refractivity contribution in [2.75, 3.05) is 0 Å². The van der Waals surface area contributed by atoms with Gasteiger partial charge in [0.25, 0.3) is 0 Å². The van der Waals surface area contributed by atoms with Crippen molar-refractivity contribution in [2.24, 2.45) is 0 Å². The molecule has 4 rings (SSSR count). The number of aromatic nitrogens is 1. The van der Waals surface area contributed by atoms with Gasteiger partial charge < -0.3 is 10.1 Å². The molecular weight excluding hydrogens is 298 g/mol. The number of carboxylic acids is 1. The van der Waals surface area contributed by atoms with Crippen LogP contribution in [0.25, 0.3) is 33.2 Å². The second kappa shape index (κ2) is 5.70. The zero-order chi connectivity index (χ0) is 16.5. The smallest absolute Gasteiger partial charge is 0.335 e. The number of fused-ring (bicyclic) bond motifs is 1. The van der Waals surface area contributed by atoms with Gasteiger partial charge in [-0.25, -0.2) is 4.79 Å². The highest BCUT2D eigenvalue weighted by Crippen LogP contribution is 2.31. The summed E-state index contributed by atoms with van der Waals surface area (Å²) in [7, 11) is 0. The van der Waals surface area contributed by atoms with E-state index in [0.29, 0.717) is 5.56 Å². The van der Waals surface area contributed by atoms with E-state index in [2.05, 4.69) is 41.4 Å². The van der Waals surface area contributed by atoms with Crippen LogP contribution >= 0.6 is 0 Å². The molecule has 3 heteroatoms. The first-order valence-electron chi connectivity index (χ1n) is 7.73. The maximum absolute atomic E-state index is 11.2. The summed E-state index contributed by atoms with van der Waals surface area (Å²) in [5, 5.41) is 10.1. The summed E-state index contributed by atoms with van der Waals surface area (Å²) in [5.74, 6) is -0.913. The first-order valence-corrected chi connectivity index (χ1v) is 7.73. The van der Waals surface area contributed by atoms with E-state index in [1.807, 2.05) is 24.4 Å². The highest BCUT2D eigenvalue weighted by Gasteiger charge is 2.10. The number of carboxylic acid groups (broad SMARTS) is 1. The third kappa shape index (κ3) is 2.46. The van der Waals surface area contributed by atoms with Crippen molar-refractivity contribution in [3.8, 4) is 22.3 Å². The van der Waals surface area contributed by atoms with Crippen molar-refractivity contribution in [1.82, 2.24) is 4.98 Å². The van der Waals surface area contributed by atoms with Gasteiger partial charge in [0, 0.05) is 22.7 Å². The van der Waals surface area contributed by atoms with Gasteiger partial charge in [-0.3, -0.25) is 0 Å². The minimum absolute atomic E-state index is 0.296. The molecule has 0 bridgehead atoms. The summed E-state index contributed by atoms with van der Waals surface area (Å²) in [6, 6.07) is 23.7. The van der Waals surface area contributed by atoms with Crippen molar-refractivity contribution < 1.29 is 9.90 Å². The van der Waals surface area contributed by atoms with E-state index in [1.165, 1.54) is 5.56 Å². The van der Waals surface area contributed by atoms with Crippen LogP contribution in [0.3, 0.4) is 0 Å². The zero-order valence-corrected chi connectivity index (χ0v) is 12.9.